The normalized spacial score (nSPS) is 3.75. The molecule has 2 heteroatoms. The molecule has 16 valence electrons. The molecule has 0 unspecified atom stereocenters. The predicted molar refractivity (Wildman–Crippen MR) is 22.5 cm³/mol. The van der Waals surface area contributed by atoms with Crippen molar-refractivity contribution >= 4 is 33.6 Å². The predicted octanol–water partition coefficient (Wildman–Crippen LogP) is 0.468. The Morgan fingerprint density at radius 2 is 2.00 bits per heavy atom. The SMILES string of the molecule is [Li][C]#CBr. The van der Waals surface area contributed by atoms with Crippen molar-refractivity contribution in [2.24, 2.45) is 0 Å². The molecular weight excluding hydrogens is 111 g/mol. The third-order valence-electron chi connectivity index (χ3n) is 0.0945. The van der Waals surface area contributed by atoms with Gasteiger partial charge in [0.25, 0.3) is 0 Å². The van der Waals surface area contributed by atoms with E-state index >= 15 is 0 Å². The summed E-state index contributed by atoms with van der Waals surface area (Å²) in [7, 11) is 0. The summed E-state index contributed by atoms with van der Waals surface area (Å²) in [4.78, 5) is 2.49. The Morgan fingerprint density at radius 1 is 1.75 bits per heavy atom. The van der Waals surface area contributed by atoms with Crippen molar-refractivity contribution in [1.82, 2.24) is 0 Å². The van der Waals surface area contributed by atoms with Crippen molar-refractivity contribution < 1.29 is 0 Å². The maximum absolute atomic E-state index is 2.89. The summed E-state index contributed by atoms with van der Waals surface area (Å²) in [6.07, 6.45) is 0. The van der Waals surface area contributed by atoms with Gasteiger partial charge >= 0.3 is 43.1 Å². The van der Waals surface area contributed by atoms with Crippen LogP contribution in [0, 0.1) is 9.42 Å². The molecule has 0 spiro atoms. The first-order valence-electron chi connectivity index (χ1n) is 0.939. The molecule has 0 radical (unpaired) electrons. The summed E-state index contributed by atoms with van der Waals surface area (Å²) in [6.45, 7) is 0. The molecule has 0 N–H and O–H groups in total. The minimum absolute atomic E-state index is 1.77. The Labute approximate surface area is 43.3 Å². The van der Waals surface area contributed by atoms with Crippen molar-refractivity contribution in [2.75, 3.05) is 0 Å². The Balaban J connectivity index is 2.83. The van der Waals surface area contributed by atoms with Crippen LogP contribution in [-0.4, -0.2) is 17.7 Å². The number of halogens is 1. The molecule has 0 fully saturated rings. The fourth-order valence-electron chi connectivity index (χ4n) is 0. The van der Waals surface area contributed by atoms with E-state index in [4.69, 9.17) is 0 Å². The second kappa shape index (κ2) is 3.64. The molecule has 0 heterocycles. The summed E-state index contributed by atoms with van der Waals surface area (Å²) in [5.74, 6) is 0. The van der Waals surface area contributed by atoms with Crippen LogP contribution in [0.1, 0.15) is 0 Å². The molecule has 0 aliphatic carbocycles. The third kappa shape index (κ3) is 2.64. The number of rotatable bonds is 0. The van der Waals surface area contributed by atoms with Crippen molar-refractivity contribution in [1.29, 1.82) is 0 Å². The van der Waals surface area contributed by atoms with E-state index in [0.717, 1.165) is 0 Å². The first kappa shape index (κ1) is 4.64. The quantitative estimate of drug-likeness (QED) is 0.314. The van der Waals surface area contributed by atoms with E-state index in [1.807, 2.05) is 0 Å². The molecule has 0 saturated heterocycles. The Bertz CT molecular complexity index is 42.8. The molecule has 0 aromatic heterocycles. The van der Waals surface area contributed by atoms with Gasteiger partial charge in [-0.1, -0.05) is 0 Å². The Hall–Kier alpha value is 0.637. The summed E-state index contributed by atoms with van der Waals surface area (Å²) in [5, 5.41) is 0. The van der Waals surface area contributed by atoms with E-state index < -0.39 is 0 Å². The van der Waals surface area contributed by atoms with E-state index in [1.165, 1.54) is 0 Å². The van der Waals surface area contributed by atoms with Crippen LogP contribution >= 0.6 is 15.9 Å². The van der Waals surface area contributed by atoms with Crippen LogP contribution in [0.2, 0.25) is 0 Å². The maximum atomic E-state index is 2.89. The first-order chi connectivity index (χ1) is 1.91. The molecule has 4 heavy (non-hydrogen) atoms. The molecule has 0 aromatic carbocycles. The monoisotopic (exact) mass is 110 g/mol. The molecule has 0 atom stereocenters. The van der Waals surface area contributed by atoms with Crippen LogP contribution in [0.4, 0.5) is 0 Å². The molecule has 0 bridgehead atoms. The van der Waals surface area contributed by atoms with Gasteiger partial charge in [-0.15, -0.1) is 0 Å². The van der Waals surface area contributed by atoms with Crippen molar-refractivity contribution in [3.05, 3.63) is 0 Å². The van der Waals surface area contributed by atoms with Crippen LogP contribution in [0.3, 0.4) is 0 Å². The van der Waals surface area contributed by atoms with E-state index in [-0.39, 0.29) is 0 Å². The first-order valence-corrected chi connectivity index (χ1v) is 1.73. The molecule has 0 aromatic rings. The fraction of sp³-hybridized carbons (Fsp3) is 0. The number of hydrogen-bond acceptors (Lipinski definition) is 0. The van der Waals surface area contributed by atoms with Gasteiger partial charge in [-0.25, -0.2) is 0 Å². The van der Waals surface area contributed by atoms with E-state index in [1.54, 1.807) is 17.7 Å². The van der Waals surface area contributed by atoms with Gasteiger partial charge in [0.15, 0.2) is 0 Å². The Morgan fingerprint density at radius 3 is 2.00 bits per heavy atom. The van der Waals surface area contributed by atoms with Gasteiger partial charge in [-0.2, -0.15) is 0 Å². The molecule has 0 amide bonds. The zero-order chi connectivity index (χ0) is 3.41. The second-order valence-electron chi connectivity index (χ2n) is 0.344. The van der Waals surface area contributed by atoms with Crippen LogP contribution in [0.25, 0.3) is 0 Å². The van der Waals surface area contributed by atoms with Crippen molar-refractivity contribution in [3.8, 4) is 9.42 Å². The summed E-state index contributed by atoms with van der Waals surface area (Å²) in [6, 6.07) is 0. The molecular formula is C2BrLi. The molecule has 0 aliphatic heterocycles. The van der Waals surface area contributed by atoms with Gasteiger partial charge < -0.3 is 0 Å². The van der Waals surface area contributed by atoms with Gasteiger partial charge in [-0.3, -0.25) is 0 Å². The number of hydrogen-bond donors (Lipinski definition) is 0. The average Bonchev–Trinajstić information content (AvgIpc) is 1.37. The minimum atomic E-state index is 1.77. The van der Waals surface area contributed by atoms with Crippen molar-refractivity contribution in [2.45, 2.75) is 0 Å². The van der Waals surface area contributed by atoms with Crippen LogP contribution in [-0.2, 0) is 0 Å². The third-order valence-corrected chi connectivity index (χ3v) is 0.491. The van der Waals surface area contributed by atoms with E-state index in [0.29, 0.717) is 0 Å². The van der Waals surface area contributed by atoms with Gasteiger partial charge in [0.2, 0.25) is 0 Å². The van der Waals surface area contributed by atoms with E-state index in [2.05, 4.69) is 25.4 Å². The second-order valence-corrected chi connectivity index (χ2v) is 0.741. The summed E-state index contributed by atoms with van der Waals surface area (Å²) in [5.41, 5.74) is 0. The van der Waals surface area contributed by atoms with Gasteiger partial charge in [-0.05, 0) is 0 Å². The fourth-order valence-corrected chi connectivity index (χ4v) is 0. The van der Waals surface area contributed by atoms with Gasteiger partial charge in [0.1, 0.15) is 0 Å². The van der Waals surface area contributed by atoms with Gasteiger partial charge in [0, 0.05) is 0 Å². The molecule has 0 aliphatic rings. The zero-order valence-corrected chi connectivity index (χ0v) is 3.96. The van der Waals surface area contributed by atoms with E-state index in [9.17, 15) is 0 Å². The molecule has 0 rings (SSSR count). The average molecular weight is 111 g/mol. The standard InChI is InChI=1S/C2Br.Li/c1-2-3;. The zero-order valence-electron chi connectivity index (χ0n) is 2.38. The van der Waals surface area contributed by atoms with Crippen molar-refractivity contribution in [3.63, 3.8) is 0 Å². The summed E-state index contributed by atoms with van der Waals surface area (Å²) < 4.78 is 2.60. The van der Waals surface area contributed by atoms with Gasteiger partial charge in [0.05, 0.1) is 0 Å². The molecule has 0 saturated carbocycles. The van der Waals surface area contributed by atoms with Crippen LogP contribution < -0.4 is 0 Å². The molecule has 0 nitrogen and oxygen atoms in total. The Kier molecular flexibility index (Phi) is 4.22. The van der Waals surface area contributed by atoms with Crippen LogP contribution in [0.5, 0.6) is 0 Å². The topological polar surface area (TPSA) is 0 Å². The summed E-state index contributed by atoms with van der Waals surface area (Å²) >= 11 is 4.66. The van der Waals surface area contributed by atoms with Crippen LogP contribution in [0.15, 0.2) is 0 Å².